The van der Waals surface area contributed by atoms with E-state index in [9.17, 15) is 29.6 Å². The van der Waals surface area contributed by atoms with Crippen molar-refractivity contribution in [1.82, 2.24) is 9.97 Å². The maximum absolute atomic E-state index is 12.9. The number of nitrogens with zero attached hydrogens (tertiary/aromatic N) is 1. The lowest BCUT2D eigenvalue weighted by Crippen LogP contribution is -2.40. The van der Waals surface area contributed by atoms with Crippen LogP contribution in [0.15, 0.2) is 29.2 Å². The number of H-pyrrole nitrogens is 1. The van der Waals surface area contributed by atoms with E-state index in [-0.39, 0.29) is 31.2 Å². The lowest BCUT2D eigenvalue weighted by molar-refractivity contribution is -0.0544. The van der Waals surface area contributed by atoms with Crippen LogP contribution in [-0.4, -0.2) is 59.4 Å². The first kappa shape index (κ1) is 26.0. The summed E-state index contributed by atoms with van der Waals surface area (Å²) in [7, 11) is -4.46. The van der Waals surface area contributed by atoms with E-state index in [1.165, 1.54) is 0 Å². The number of aliphatic hydroxyl groups excluding tert-OH is 2. The summed E-state index contributed by atoms with van der Waals surface area (Å²) in [6, 6.07) is 5.02. The lowest BCUT2D eigenvalue weighted by atomic mass is 9.92. The summed E-state index contributed by atoms with van der Waals surface area (Å²) >= 11 is 0. The van der Waals surface area contributed by atoms with E-state index in [2.05, 4.69) is 9.97 Å². The van der Waals surface area contributed by atoms with Gasteiger partial charge in [-0.05, 0) is 44.4 Å². The van der Waals surface area contributed by atoms with Crippen molar-refractivity contribution in [3.8, 4) is 0 Å². The van der Waals surface area contributed by atoms with Crippen LogP contribution in [0.5, 0.6) is 0 Å². The van der Waals surface area contributed by atoms with Gasteiger partial charge in [-0.3, -0.25) is 9.36 Å². The second-order valence-corrected chi connectivity index (χ2v) is 10.9. The molecule has 0 bridgehead atoms. The molecule has 10 nitrogen and oxygen atoms in total. The number of hydrogen-bond donors (Lipinski definition) is 5. The molecule has 0 amide bonds. The zero-order chi connectivity index (χ0) is 24.6. The Morgan fingerprint density at radius 3 is 2.48 bits per heavy atom. The maximum Gasteiger partial charge on any atom is 0.359 e. The molecule has 1 aliphatic rings. The molecule has 33 heavy (non-hydrogen) atoms. The Morgan fingerprint density at radius 2 is 1.88 bits per heavy atom. The Balaban J connectivity index is 1.85. The third kappa shape index (κ3) is 4.93. The summed E-state index contributed by atoms with van der Waals surface area (Å²) in [5.74, 6) is 0. The average Bonchev–Trinajstić information content (AvgIpc) is 3.05. The number of fused-ring (bicyclic) bond motifs is 1. The van der Waals surface area contributed by atoms with Gasteiger partial charge in [0.05, 0.1) is 11.7 Å². The van der Waals surface area contributed by atoms with E-state index in [4.69, 9.17) is 9.26 Å². The molecule has 1 aliphatic heterocycles. The second-order valence-electron chi connectivity index (χ2n) is 8.88. The zero-order valence-corrected chi connectivity index (χ0v) is 20.2. The summed E-state index contributed by atoms with van der Waals surface area (Å²) < 4.78 is 24.4. The highest BCUT2D eigenvalue weighted by molar-refractivity contribution is 7.54. The van der Waals surface area contributed by atoms with Gasteiger partial charge < -0.3 is 34.5 Å². The minimum atomic E-state index is -4.46. The van der Waals surface area contributed by atoms with Crippen LogP contribution < -0.4 is 5.56 Å². The molecule has 3 rings (SSSR count). The van der Waals surface area contributed by atoms with E-state index in [0.29, 0.717) is 11.0 Å². The van der Waals surface area contributed by atoms with Crippen LogP contribution in [-0.2, 0) is 13.8 Å². The average molecular weight is 484 g/mol. The highest BCUT2D eigenvalue weighted by Crippen LogP contribution is 2.60. The monoisotopic (exact) mass is 484 g/mol. The first-order chi connectivity index (χ1) is 15.4. The summed E-state index contributed by atoms with van der Waals surface area (Å²) in [6.07, 6.45) is -3.00. The SMILES string of the molecule is CCC(C)(C[C@H]1O[C@@H](c2cc3cccnc3[nH]c2=O)[C@@H](O)C1O)OP(=O)(O)C(O)(CC)CC. The van der Waals surface area contributed by atoms with E-state index in [0.717, 1.165) is 0 Å². The van der Waals surface area contributed by atoms with Gasteiger partial charge in [0.25, 0.3) is 5.56 Å². The summed E-state index contributed by atoms with van der Waals surface area (Å²) in [5, 5.41) is 30.6. The van der Waals surface area contributed by atoms with Gasteiger partial charge in [0.2, 0.25) is 0 Å². The predicted octanol–water partition coefficient (Wildman–Crippen LogP) is 2.35. The molecule has 0 saturated carbocycles. The van der Waals surface area contributed by atoms with Crippen molar-refractivity contribution in [3.05, 3.63) is 40.3 Å². The number of ether oxygens (including phenoxy) is 1. The van der Waals surface area contributed by atoms with Crippen molar-refractivity contribution in [2.75, 3.05) is 0 Å². The Kier molecular flexibility index (Phi) is 7.51. The van der Waals surface area contributed by atoms with Crippen LogP contribution in [0.2, 0.25) is 0 Å². The van der Waals surface area contributed by atoms with Crippen molar-refractivity contribution in [2.45, 2.75) is 88.7 Å². The van der Waals surface area contributed by atoms with Crippen molar-refractivity contribution in [3.63, 3.8) is 0 Å². The molecule has 6 atom stereocenters. The zero-order valence-electron chi connectivity index (χ0n) is 19.3. The molecule has 0 radical (unpaired) electrons. The van der Waals surface area contributed by atoms with Crippen LogP contribution in [0, 0.1) is 0 Å². The fourth-order valence-corrected chi connectivity index (χ4v) is 5.91. The molecule has 2 aromatic rings. The third-order valence-electron chi connectivity index (χ3n) is 6.70. The number of aromatic amines is 1. The van der Waals surface area contributed by atoms with Crippen LogP contribution in [0.3, 0.4) is 0 Å². The summed E-state index contributed by atoms with van der Waals surface area (Å²) in [6.45, 7) is 6.53. The largest absolute Gasteiger partial charge is 0.388 e. The molecule has 5 N–H and O–H groups in total. The molecule has 1 saturated heterocycles. The Hall–Kier alpha value is -1.65. The molecule has 0 aliphatic carbocycles. The Morgan fingerprint density at radius 1 is 1.21 bits per heavy atom. The number of rotatable bonds is 9. The first-order valence-corrected chi connectivity index (χ1v) is 12.7. The van der Waals surface area contributed by atoms with Gasteiger partial charge >= 0.3 is 7.60 Å². The van der Waals surface area contributed by atoms with Crippen molar-refractivity contribution < 1.29 is 34.0 Å². The summed E-state index contributed by atoms with van der Waals surface area (Å²) in [5.41, 5.74) is -1.21. The number of aromatic nitrogens is 2. The quantitative estimate of drug-likeness (QED) is 0.336. The van der Waals surface area contributed by atoms with Crippen molar-refractivity contribution in [1.29, 1.82) is 0 Å². The minimum Gasteiger partial charge on any atom is -0.388 e. The number of nitrogens with one attached hydrogen (secondary N) is 1. The standard InChI is InChI=1S/C22H33N2O8P/c1-5-21(4,32-33(29,30)22(28,6-2)7-3)12-15-16(25)17(26)18(31-15)14-11-13-9-8-10-23-19(13)24-20(14)27/h8-11,15-18,25-26,28H,5-7,12H2,1-4H3,(H,29,30)(H,23,24,27)/t15-,16?,17+,18+,21?/m1/s1. The van der Waals surface area contributed by atoms with Crippen LogP contribution in [0.4, 0.5) is 0 Å². The van der Waals surface area contributed by atoms with Gasteiger partial charge in [0.1, 0.15) is 24.0 Å². The highest BCUT2D eigenvalue weighted by atomic mass is 31.2. The van der Waals surface area contributed by atoms with Crippen LogP contribution in [0.1, 0.15) is 65.0 Å². The number of pyridine rings is 2. The second kappa shape index (κ2) is 9.54. The van der Waals surface area contributed by atoms with Gasteiger partial charge in [-0.25, -0.2) is 4.98 Å². The molecule has 3 unspecified atom stereocenters. The lowest BCUT2D eigenvalue weighted by Gasteiger charge is -2.38. The fourth-order valence-electron chi connectivity index (χ4n) is 4.14. The smallest absolute Gasteiger partial charge is 0.359 e. The molecule has 184 valence electrons. The minimum absolute atomic E-state index is 0.0278. The topological polar surface area (TPSA) is 162 Å². The van der Waals surface area contributed by atoms with Gasteiger partial charge in [0, 0.05) is 23.6 Å². The highest BCUT2D eigenvalue weighted by Gasteiger charge is 2.51. The molecular formula is C22H33N2O8P. The molecule has 1 fully saturated rings. The predicted molar refractivity (Wildman–Crippen MR) is 122 cm³/mol. The first-order valence-electron chi connectivity index (χ1n) is 11.2. The van der Waals surface area contributed by atoms with Crippen LogP contribution in [0.25, 0.3) is 11.0 Å². The Labute approximate surface area is 192 Å². The normalized spacial score (nSPS) is 27.4. The molecular weight excluding hydrogens is 451 g/mol. The molecule has 0 spiro atoms. The maximum atomic E-state index is 12.9. The van der Waals surface area contributed by atoms with Gasteiger partial charge in [0.15, 0.2) is 5.34 Å². The van der Waals surface area contributed by atoms with Gasteiger partial charge in [-0.15, -0.1) is 0 Å². The summed E-state index contributed by atoms with van der Waals surface area (Å²) in [4.78, 5) is 29.9. The molecule has 0 aromatic carbocycles. The van der Waals surface area contributed by atoms with E-state index in [1.807, 2.05) is 0 Å². The molecule has 2 aromatic heterocycles. The van der Waals surface area contributed by atoms with Gasteiger partial charge in [-0.2, -0.15) is 0 Å². The molecule has 3 heterocycles. The molecule has 11 heteroatoms. The van der Waals surface area contributed by atoms with Crippen molar-refractivity contribution in [2.24, 2.45) is 0 Å². The third-order valence-corrected chi connectivity index (χ3v) is 9.07. The number of hydrogen-bond acceptors (Lipinski definition) is 8. The van der Waals surface area contributed by atoms with Crippen molar-refractivity contribution >= 4 is 18.6 Å². The van der Waals surface area contributed by atoms with Crippen LogP contribution >= 0.6 is 7.60 Å². The van der Waals surface area contributed by atoms with E-state index < -0.39 is 48.5 Å². The van der Waals surface area contributed by atoms with E-state index in [1.54, 1.807) is 52.1 Å². The van der Waals surface area contributed by atoms with Gasteiger partial charge in [-0.1, -0.05) is 20.8 Å². The fraction of sp³-hybridized carbons (Fsp3) is 0.636. The van der Waals surface area contributed by atoms with E-state index >= 15 is 0 Å². The Bertz CT molecular complexity index is 1090. The number of aliphatic hydroxyl groups is 3.